The number of alkyl carbamates (subject to hydrolysis) is 3. The third kappa shape index (κ3) is 12.6. The van der Waals surface area contributed by atoms with Crippen molar-refractivity contribution in [3.05, 3.63) is 71.8 Å². The van der Waals surface area contributed by atoms with Crippen molar-refractivity contribution in [3.8, 4) is 0 Å². The Kier molecular flexibility index (Phi) is 13.0. The van der Waals surface area contributed by atoms with E-state index < -0.39 is 47.7 Å². The molecule has 5 amide bonds. The highest BCUT2D eigenvalue weighted by atomic mass is 16.7. The molecule has 0 aliphatic carbocycles. The Morgan fingerprint density at radius 2 is 1.30 bits per heavy atom. The first-order valence-corrected chi connectivity index (χ1v) is 14.5. The van der Waals surface area contributed by atoms with Crippen molar-refractivity contribution in [2.45, 2.75) is 71.3 Å². The van der Waals surface area contributed by atoms with E-state index in [1.165, 1.54) is 0 Å². The van der Waals surface area contributed by atoms with Gasteiger partial charge in [-0.15, -0.1) is 5.06 Å². The zero-order valence-electron chi connectivity index (χ0n) is 25.8. The van der Waals surface area contributed by atoms with Crippen LogP contribution in [0.5, 0.6) is 0 Å². The van der Waals surface area contributed by atoms with Crippen LogP contribution in [0.4, 0.5) is 14.4 Å². The summed E-state index contributed by atoms with van der Waals surface area (Å²) in [5.74, 6) is -2.72. The molecule has 1 aliphatic rings. The van der Waals surface area contributed by atoms with Crippen LogP contribution in [0.15, 0.2) is 65.7 Å². The second kappa shape index (κ2) is 17.1. The molecule has 1 atom stereocenters. The van der Waals surface area contributed by atoms with Gasteiger partial charge in [0, 0.05) is 19.4 Å². The molecule has 0 spiro atoms. The maximum atomic E-state index is 12.9. The fraction of sp³-hybridized carbons (Fsp3) is 0.387. The van der Waals surface area contributed by atoms with Gasteiger partial charge in [-0.05, 0) is 44.7 Å². The smallest absolute Gasteiger partial charge is 0.414 e. The highest BCUT2D eigenvalue weighted by Crippen LogP contribution is 2.14. The molecule has 3 rings (SSSR count). The summed E-state index contributed by atoms with van der Waals surface area (Å²) >= 11 is 0. The topological polar surface area (TPSA) is 191 Å². The van der Waals surface area contributed by atoms with Crippen molar-refractivity contribution in [1.29, 1.82) is 0 Å². The van der Waals surface area contributed by atoms with Crippen molar-refractivity contribution >= 4 is 42.0 Å². The Morgan fingerprint density at radius 3 is 1.78 bits per heavy atom. The van der Waals surface area contributed by atoms with E-state index in [0.29, 0.717) is 5.06 Å². The Hall–Kier alpha value is -5.47. The number of hydroxylamine groups is 2. The Bertz CT molecular complexity index is 1330. The molecule has 2 aromatic rings. The van der Waals surface area contributed by atoms with Gasteiger partial charge < -0.3 is 24.4 Å². The van der Waals surface area contributed by atoms with Gasteiger partial charge in [0.05, 0.1) is 0 Å². The number of amides is 5. The molecule has 3 N–H and O–H groups in total. The summed E-state index contributed by atoms with van der Waals surface area (Å²) in [6.07, 6.45) is -2.92. The minimum absolute atomic E-state index is 0.0411. The number of aliphatic imine (C=N–C) groups is 1. The van der Waals surface area contributed by atoms with Gasteiger partial charge in [-0.1, -0.05) is 60.7 Å². The summed E-state index contributed by atoms with van der Waals surface area (Å²) in [5.41, 5.74) is 0.596. The number of imide groups is 1. The first kappa shape index (κ1) is 35.0. The number of nitrogens with zero attached hydrogens (tertiary/aromatic N) is 2. The number of carbonyl (C=O) groups is 6. The van der Waals surface area contributed by atoms with Crippen LogP contribution in [0.1, 0.15) is 57.6 Å². The molecular weight excluding hydrogens is 602 g/mol. The molecular formula is C31H37N5O10. The number of benzene rings is 2. The van der Waals surface area contributed by atoms with E-state index >= 15 is 0 Å². The molecule has 1 heterocycles. The molecule has 0 radical (unpaired) electrons. The van der Waals surface area contributed by atoms with Gasteiger partial charge in [0.15, 0.2) is 0 Å². The summed E-state index contributed by atoms with van der Waals surface area (Å²) in [6.45, 7) is 4.74. The van der Waals surface area contributed by atoms with Crippen LogP contribution in [-0.2, 0) is 46.6 Å². The van der Waals surface area contributed by atoms with E-state index in [2.05, 4.69) is 20.9 Å². The SMILES string of the molecule is CC(C)(C)OC(=O)NC(CCCN=C(NC(=O)OCc1ccccc1)NC(=O)OCc1ccccc1)C(=O)ON1C(=O)CCC1=O. The molecule has 1 aliphatic heterocycles. The normalized spacial score (nSPS) is 13.2. The number of nitrogens with one attached hydrogen (secondary N) is 3. The summed E-state index contributed by atoms with van der Waals surface area (Å²) in [6, 6.07) is 16.5. The third-order valence-electron chi connectivity index (χ3n) is 5.95. The molecule has 246 valence electrons. The van der Waals surface area contributed by atoms with Crippen LogP contribution < -0.4 is 16.0 Å². The van der Waals surface area contributed by atoms with Gasteiger partial charge >= 0.3 is 24.2 Å². The molecule has 15 nitrogen and oxygen atoms in total. The lowest BCUT2D eigenvalue weighted by Crippen LogP contribution is -2.47. The Balaban J connectivity index is 1.64. The lowest BCUT2D eigenvalue weighted by atomic mass is 10.1. The van der Waals surface area contributed by atoms with Crippen LogP contribution in [0.3, 0.4) is 0 Å². The lowest BCUT2D eigenvalue weighted by Gasteiger charge is -2.23. The molecule has 1 saturated heterocycles. The number of rotatable bonds is 11. The van der Waals surface area contributed by atoms with Gasteiger partial charge in [0.1, 0.15) is 24.9 Å². The molecule has 15 heteroatoms. The minimum atomic E-state index is -1.33. The number of hydrogen-bond donors (Lipinski definition) is 3. The van der Waals surface area contributed by atoms with Crippen LogP contribution in [0.25, 0.3) is 0 Å². The molecule has 0 saturated carbocycles. The maximum Gasteiger partial charge on any atom is 0.414 e. The predicted octanol–water partition coefficient (Wildman–Crippen LogP) is 3.48. The van der Waals surface area contributed by atoms with Gasteiger partial charge in [-0.3, -0.25) is 25.2 Å². The standard InChI is InChI=1S/C31H37N5O10/c1-31(2,3)45-30(42)33-23(26(39)46-36-24(37)16-17-25(36)38)15-10-18-32-27(34-28(40)43-19-21-11-6-4-7-12-21)35-29(41)44-20-22-13-8-5-9-14-22/h4-9,11-14,23H,10,15-20H2,1-3H3,(H,33,42)(H2,32,34,35,40,41). The van der Waals surface area contributed by atoms with Gasteiger partial charge in [-0.2, -0.15) is 0 Å². The van der Waals surface area contributed by atoms with Crippen LogP contribution in [0.2, 0.25) is 0 Å². The summed E-state index contributed by atoms with van der Waals surface area (Å²) in [7, 11) is 0. The number of ether oxygens (including phenoxy) is 3. The second-order valence-electron chi connectivity index (χ2n) is 10.9. The van der Waals surface area contributed by atoms with Crippen molar-refractivity contribution in [3.63, 3.8) is 0 Å². The molecule has 0 bridgehead atoms. The molecule has 1 fully saturated rings. The van der Waals surface area contributed by atoms with E-state index in [1.807, 2.05) is 12.1 Å². The second-order valence-corrected chi connectivity index (χ2v) is 10.9. The van der Waals surface area contributed by atoms with Crippen molar-refractivity contribution < 1.29 is 47.8 Å². The first-order valence-electron chi connectivity index (χ1n) is 14.5. The minimum Gasteiger partial charge on any atom is -0.444 e. The van der Waals surface area contributed by atoms with Crippen molar-refractivity contribution in [2.75, 3.05) is 6.54 Å². The summed E-state index contributed by atoms with van der Waals surface area (Å²) in [4.78, 5) is 83.3. The van der Waals surface area contributed by atoms with E-state index in [9.17, 15) is 28.8 Å². The summed E-state index contributed by atoms with van der Waals surface area (Å²) < 4.78 is 15.6. The first-order chi connectivity index (χ1) is 21.9. The van der Waals surface area contributed by atoms with Crippen LogP contribution in [-0.4, -0.2) is 65.3 Å². The third-order valence-corrected chi connectivity index (χ3v) is 5.95. The van der Waals surface area contributed by atoms with Crippen LogP contribution in [0, 0.1) is 0 Å². The maximum absolute atomic E-state index is 12.9. The monoisotopic (exact) mass is 639 g/mol. The average Bonchev–Trinajstić information content (AvgIpc) is 3.32. The highest BCUT2D eigenvalue weighted by molar-refractivity contribution is 6.02. The van der Waals surface area contributed by atoms with Gasteiger partial charge in [-0.25, -0.2) is 19.2 Å². The van der Waals surface area contributed by atoms with Crippen LogP contribution >= 0.6 is 0 Å². The Labute approximate surface area is 265 Å². The predicted molar refractivity (Wildman–Crippen MR) is 161 cm³/mol. The molecule has 2 aromatic carbocycles. The Morgan fingerprint density at radius 1 is 0.804 bits per heavy atom. The van der Waals surface area contributed by atoms with E-state index in [-0.39, 0.29) is 51.4 Å². The molecule has 46 heavy (non-hydrogen) atoms. The lowest BCUT2D eigenvalue weighted by molar-refractivity contribution is -0.199. The van der Waals surface area contributed by atoms with Crippen molar-refractivity contribution in [2.24, 2.45) is 4.99 Å². The summed E-state index contributed by atoms with van der Waals surface area (Å²) in [5, 5.41) is 7.47. The molecule has 1 unspecified atom stereocenters. The zero-order valence-corrected chi connectivity index (χ0v) is 25.8. The van der Waals surface area contributed by atoms with Gasteiger partial charge in [0.2, 0.25) is 5.96 Å². The van der Waals surface area contributed by atoms with E-state index in [0.717, 1.165) is 11.1 Å². The number of guanidine groups is 1. The highest BCUT2D eigenvalue weighted by Gasteiger charge is 2.35. The zero-order chi connectivity index (χ0) is 33.5. The fourth-order valence-electron chi connectivity index (χ4n) is 3.82. The van der Waals surface area contributed by atoms with E-state index in [1.54, 1.807) is 69.3 Å². The quantitative estimate of drug-likeness (QED) is 0.108. The fourth-order valence-corrected chi connectivity index (χ4v) is 3.82. The largest absolute Gasteiger partial charge is 0.444 e. The average molecular weight is 640 g/mol. The number of hydrogen-bond acceptors (Lipinski definition) is 11. The van der Waals surface area contributed by atoms with Crippen molar-refractivity contribution in [1.82, 2.24) is 21.0 Å². The van der Waals surface area contributed by atoms with E-state index in [4.69, 9.17) is 19.0 Å². The van der Waals surface area contributed by atoms with Gasteiger partial charge in [0.25, 0.3) is 11.8 Å². The number of carbonyl (C=O) groups excluding carboxylic acids is 6. The molecule has 0 aromatic heterocycles.